The number of amides is 1. The van der Waals surface area contributed by atoms with Crippen molar-refractivity contribution in [2.75, 3.05) is 38.5 Å². The number of anilines is 2. The maximum atomic E-state index is 12.7. The van der Waals surface area contributed by atoms with E-state index >= 15 is 0 Å². The van der Waals surface area contributed by atoms with Gasteiger partial charge in [-0.1, -0.05) is 23.2 Å². The lowest BCUT2D eigenvalue weighted by atomic mass is 10.2. The van der Waals surface area contributed by atoms with E-state index in [9.17, 15) is 4.79 Å². The Kier molecular flexibility index (Phi) is 5.42. The zero-order valence-electron chi connectivity index (χ0n) is 14.1. The van der Waals surface area contributed by atoms with Crippen molar-refractivity contribution in [3.8, 4) is 0 Å². The molecule has 1 N–H and O–H groups in total. The van der Waals surface area contributed by atoms with Crippen LogP contribution in [0.5, 0.6) is 0 Å². The Morgan fingerprint density at radius 1 is 1.08 bits per heavy atom. The molecule has 25 heavy (non-hydrogen) atoms. The van der Waals surface area contributed by atoms with Gasteiger partial charge in [-0.15, -0.1) is 0 Å². The Morgan fingerprint density at radius 3 is 2.48 bits per heavy atom. The first-order chi connectivity index (χ1) is 11.9. The smallest absolute Gasteiger partial charge is 0.272 e. The maximum Gasteiger partial charge on any atom is 0.272 e. The summed E-state index contributed by atoms with van der Waals surface area (Å²) in [6.07, 6.45) is 0. The number of nitrogens with one attached hydrogen (secondary N) is 1. The number of aryl methyl sites for hydroxylation is 1. The van der Waals surface area contributed by atoms with Crippen LogP contribution in [-0.2, 0) is 0 Å². The summed E-state index contributed by atoms with van der Waals surface area (Å²) in [5.41, 5.74) is 1.81. The zero-order chi connectivity index (χ0) is 18.0. The normalized spacial score (nSPS) is 15.3. The molecule has 1 aliphatic rings. The number of carbonyl (C=O) groups is 1. The molecule has 0 aliphatic carbocycles. The van der Waals surface area contributed by atoms with Gasteiger partial charge in [0.25, 0.3) is 5.91 Å². The van der Waals surface area contributed by atoms with Gasteiger partial charge in [0.1, 0.15) is 5.69 Å². The predicted molar refractivity (Wildman–Crippen MR) is 99.9 cm³/mol. The summed E-state index contributed by atoms with van der Waals surface area (Å²) < 4.78 is 0. The van der Waals surface area contributed by atoms with Gasteiger partial charge in [0.2, 0.25) is 5.95 Å². The number of rotatable bonds is 3. The SMILES string of the molecule is Cc1cc(C(=O)N2CCN(C)CC2)nc(Nc2ccc(Cl)c(Cl)c2)n1. The number of nitrogens with zero attached hydrogens (tertiary/aromatic N) is 4. The molecule has 1 saturated heterocycles. The first-order valence-corrected chi connectivity index (χ1v) is 8.73. The number of aromatic nitrogens is 2. The molecule has 0 radical (unpaired) electrons. The minimum Gasteiger partial charge on any atom is -0.335 e. The lowest BCUT2D eigenvalue weighted by Gasteiger charge is -2.32. The van der Waals surface area contributed by atoms with E-state index in [1.54, 1.807) is 24.3 Å². The van der Waals surface area contributed by atoms with Crippen LogP contribution in [0.4, 0.5) is 11.6 Å². The molecule has 132 valence electrons. The molecule has 6 nitrogen and oxygen atoms in total. The first-order valence-electron chi connectivity index (χ1n) is 7.98. The van der Waals surface area contributed by atoms with Gasteiger partial charge in [0.15, 0.2) is 0 Å². The Balaban J connectivity index is 1.80. The fourth-order valence-corrected chi connectivity index (χ4v) is 2.91. The second kappa shape index (κ2) is 7.56. The van der Waals surface area contributed by atoms with E-state index in [0.29, 0.717) is 40.5 Å². The van der Waals surface area contributed by atoms with Crippen molar-refractivity contribution in [3.05, 3.63) is 45.7 Å². The average Bonchev–Trinajstić information content (AvgIpc) is 2.58. The van der Waals surface area contributed by atoms with Gasteiger partial charge in [-0.2, -0.15) is 0 Å². The molecule has 1 aromatic heterocycles. The van der Waals surface area contributed by atoms with E-state index in [1.165, 1.54) is 0 Å². The molecule has 2 heterocycles. The third kappa shape index (κ3) is 4.39. The summed E-state index contributed by atoms with van der Waals surface area (Å²) in [7, 11) is 2.05. The van der Waals surface area contributed by atoms with Crippen LogP contribution < -0.4 is 5.32 Å². The molecule has 1 aliphatic heterocycles. The van der Waals surface area contributed by atoms with Gasteiger partial charge in [0.05, 0.1) is 10.0 Å². The van der Waals surface area contributed by atoms with Crippen molar-refractivity contribution in [1.29, 1.82) is 0 Å². The number of benzene rings is 1. The van der Waals surface area contributed by atoms with E-state index in [4.69, 9.17) is 23.2 Å². The van der Waals surface area contributed by atoms with Crippen molar-refractivity contribution in [1.82, 2.24) is 19.8 Å². The third-order valence-corrected chi connectivity index (χ3v) is 4.78. The maximum absolute atomic E-state index is 12.7. The quantitative estimate of drug-likeness (QED) is 0.886. The summed E-state index contributed by atoms with van der Waals surface area (Å²) >= 11 is 12.0. The van der Waals surface area contributed by atoms with E-state index in [-0.39, 0.29) is 5.91 Å². The highest BCUT2D eigenvalue weighted by Crippen LogP contribution is 2.26. The van der Waals surface area contributed by atoms with Crippen LogP contribution in [0.1, 0.15) is 16.2 Å². The van der Waals surface area contributed by atoms with E-state index in [0.717, 1.165) is 18.8 Å². The number of hydrogen-bond donors (Lipinski definition) is 1. The number of hydrogen-bond acceptors (Lipinski definition) is 5. The van der Waals surface area contributed by atoms with Crippen LogP contribution in [0.2, 0.25) is 10.0 Å². The van der Waals surface area contributed by atoms with Gasteiger partial charge < -0.3 is 15.1 Å². The van der Waals surface area contributed by atoms with E-state index in [1.807, 2.05) is 11.8 Å². The second-order valence-electron chi connectivity index (χ2n) is 6.07. The summed E-state index contributed by atoms with van der Waals surface area (Å²) in [6.45, 7) is 4.97. The van der Waals surface area contributed by atoms with E-state index in [2.05, 4.69) is 27.2 Å². The molecule has 8 heteroatoms. The van der Waals surface area contributed by atoms with Crippen LogP contribution in [-0.4, -0.2) is 58.9 Å². The lowest BCUT2D eigenvalue weighted by Crippen LogP contribution is -2.47. The molecule has 0 unspecified atom stereocenters. The molecule has 0 saturated carbocycles. The van der Waals surface area contributed by atoms with Crippen molar-refractivity contribution in [2.24, 2.45) is 0 Å². The summed E-state index contributed by atoms with van der Waals surface area (Å²) in [6, 6.07) is 6.87. The highest BCUT2D eigenvalue weighted by Gasteiger charge is 2.22. The molecular formula is C17H19Cl2N5O. The molecule has 1 amide bonds. The first kappa shape index (κ1) is 17.9. The monoisotopic (exact) mass is 379 g/mol. The predicted octanol–water partition coefficient (Wildman–Crippen LogP) is 3.22. The van der Waals surface area contributed by atoms with Crippen molar-refractivity contribution < 1.29 is 4.79 Å². The van der Waals surface area contributed by atoms with Crippen LogP contribution in [0.25, 0.3) is 0 Å². The Labute approximate surface area is 156 Å². The standard InChI is InChI=1S/C17H19Cl2N5O/c1-11-9-15(16(25)24-7-5-23(2)6-8-24)22-17(20-11)21-12-3-4-13(18)14(19)10-12/h3-4,9-10H,5-8H2,1-2H3,(H,20,21,22). The minimum absolute atomic E-state index is 0.0733. The summed E-state index contributed by atoms with van der Waals surface area (Å²) in [5.74, 6) is 0.284. The van der Waals surface area contributed by atoms with E-state index < -0.39 is 0 Å². The van der Waals surface area contributed by atoms with Crippen LogP contribution >= 0.6 is 23.2 Å². The number of halogens is 2. The fraction of sp³-hybridized carbons (Fsp3) is 0.353. The van der Waals surface area contributed by atoms with Crippen LogP contribution in [0.15, 0.2) is 24.3 Å². The molecule has 1 aromatic carbocycles. The lowest BCUT2D eigenvalue weighted by molar-refractivity contribution is 0.0658. The number of carbonyl (C=O) groups excluding carboxylic acids is 1. The van der Waals surface area contributed by atoms with Crippen LogP contribution in [0, 0.1) is 6.92 Å². The number of likely N-dealkylation sites (N-methyl/N-ethyl adjacent to an activating group) is 1. The molecule has 0 spiro atoms. The highest BCUT2D eigenvalue weighted by atomic mass is 35.5. The molecular weight excluding hydrogens is 361 g/mol. The molecule has 1 fully saturated rings. The summed E-state index contributed by atoms with van der Waals surface area (Å²) in [5, 5.41) is 3.99. The molecule has 3 rings (SSSR count). The molecule has 0 bridgehead atoms. The Morgan fingerprint density at radius 2 is 1.80 bits per heavy atom. The van der Waals surface area contributed by atoms with Crippen molar-refractivity contribution in [3.63, 3.8) is 0 Å². The van der Waals surface area contributed by atoms with Gasteiger partial charge >= 0.3 is 0 Å². The Bertz CT molecular complexity index is 791. The third-order valence-electron chi connectivity index (χ3n) is 4.04. The van der Waals surface area contributed by atoms with Crippen molar-refractivity contribution >= 4 is 40.7 Å². The van der Waals surface area contributed by atoms with Gasteiger partial charge in [0, 0.05) is 37.6 Å². The van der Waals surface area contributed by atoms with Crippen molar-refractivity contribution in [2.45, 2.75) is 6.92 Å². The molecule has 0 atom stereocenters. The van der Waals surface area contributed by atoms with Gasteiger partial charge in [-0.05, 0) is 38.2 Å². The topological polar surface area (TPSA) is 61.4 Å². The van der Waals surface area contributed by atoms with Gasteiger partial charge in [-0.25, -0.2) is 9.97 Å². The largest absolute Gasteiger partial charge is 0.335 e. The second-order valence-corrected chi connectivity index (χ2v) is 6.88. The van der Waals surface area contributed by atoms with Crippen LogP contribution in [0.3, 0.4) is 0 Å². The fourth-order valence-electron chi connectivity index (χ4n) is 2.61. The zero-order valence-corrected chi connectivity index (χ0v) is 15.6. The van der Waals surface area contributed by atoms with Gasteiger partial charge in [-0.3, -0.25) is 4.79 Å². The average molecular weight is 380 g/mol. The molecule has 2 aromatic rings. The summed E-state index contributed by atoms with van der Waals surface area (Å²) in [4.78, 5) is 25.5. The Hall–Kier alpha value is -1.89. The highest BCUT2D eigenvalue weighted by molar-refractivity contribution is 6.42. The minimum atomic E-state index is -0.0733. The number of piperazine rings is 1.